The van der Waals surface area contributed by atoms with Crippen LogP contribution < -0.4 is 0 Å². The van der Waals surface area contributed by atoms with Crippen molar-refractivity contribution >= 4 is 0 Å². The molecule has 0 aliphatic carbocycles. The van der Waals surface area contributed by atoms with Gasteiger partial charge >= 0.3 is 0 Å². The van der Waals surface area contributed by atoms with E-state index in [2.05, 4.69) is 18.7 Å². The molecule has 1 rings (SSSR count). The minimum atomic E-state index is -0.169. The highest BCUT2D eigenvalue weighted by Crippen LogP contribution is 2.20. The first-order chi connectivity index (χ1) is 7.07. The molecule has 1 saturated heterocycles. The Morgan fingerprint density at radius 3 is 2.87 bits per heavy atom. The minimum absolute atomic E-state index is 0.0598. The van der Waals surface area contributed by atoms with Gasteiger partial charge in [0.25, 0.3) is 0 Å². The molecule has 4 heteroatoms. The van der Waals surface area contributed by atoms with Crippen LogP contribution in [-0.4, -0.2) is 61.2 Å². The smallest absolute Gasteiger partial charge is 0.0940 e. The normalized spacial score (nSPS) is 26.8. The zero-order valence-electron chi connectivity index (χ0n) is 10.0. The van der Waals surface area contributed by atoms with Crippen LogP contribution in [0.15, 0.2) is 0 Å². The predicted octanol–water partition coefficient (Wildman–Crippen LogP) is 0.495. The molecule has 0 radical (unpaired) electrons. The summed E-state index contributed by atoms with van der Waals surface area (Å²) in [6.45, 7) is 10.3. The Labute approximate surface area is 92.2 Å². The van der Waals surface area contributed by atoms with Crippen molar-refractivity contribution < 1.29 is 14.6 Å². The van der Waals surface area contributed by atoms with Gasteiger partial charge in [-0.25, -0.2) is 0 Å². The largest absolute Gasteiger partial charge is 0.394 e. The third-order valence-corrected chi connectivity index (χ3v) is 2.51. The van der Waals surface area contributed by atoms with E-state index < -0.39 is 0 Å². The van der Waals surface area contributed by atoms with Gasteiger partial charge in [-0.2, -0.15) is 0 Å². The number of hydrogen-bond donors (Lipinski definition) is 1. The van der Waals surface area contributed by atoms with Gasteiger partial charge in [-0.05, 0) is 20.8 Å². The van der Waals surface area contributed by atoms with Crippen LogP contribution in [0, 0.1) is 0 Å². The lowest BCUT2D eigenvalue weighted by Gasteiger charge is -2.42. The van der Waals surface area contributed by atoms with Gasteiger partial charge in [-0.15, -0.1) is 0 Å². The van der Waals surface area contributed by atoms with Crippen LogP contribution in [-0.2, 0) is 9.47 Å². The van der Waals surface area contributed by atoms with Crippen molar-refractivity contribution in [2.24, 2.45) is 0 Å². The minimum Gasteiger partial charge on any atom is -0.394 e. The average Bonchev–Trinajstić information content (AvgIpc) is 2.16. The fourth-order valence-corrected chi connectivity index (χ4v) is 2.02. The van der Waals surface area contributed by atoms with Gasteiger partial charge in [0.05, 0.1) is 24.9 Å². The third kappa shape index (κ3) is 4.47. The molecular formula is C11H23NO3. The van der Waals surface area contributed by atoms with Gasteiger partial charge in [-0.3, -0.25) is 4.90 Å². The van der Waals surface area contributed by atoms with Crippen LogP contribution in [0.3, 0.4) is 0 Å². The van der Waals surface area contributed by atoms with Crippen molar-refractivity contribution in [3.8, 4) is 0 Å². The first-order valence-electron chi connectivity index (χ1n) is 5.66. The van der Waals surface area contributed by atoms with Crippen molar-refractivity contribution in [3.05, 3.63) is 0 Å². The number of aliphatic hydroxyl groups is 1. The number of rotatable bonds is 5. The van der Waals surface area contributed by atoms with E-state index in [0.717, 1.165) is 32.8 Å². The molecule has 90 valence electrons. The number of aliphatic hydroxyl groups excluding tert-OH is 1. The van der Waals surface area contributed by atoms with Crippen molar-refractivity contribution in [1.82, 2.24) is 4.90 Å². The zero-order valence-corrected chi connectivity index (χ0v) is 10.0. The van der Waals surface area contributed by atoms with E-state index in [4.69, 9.17) is 14.6 Å². The molecule has 0 aromatic carbocycles. The van der Waals surface area contributed by atoms with Crippen molar-refractivity contribution in [3.63, 3.8) is 0 Å². The molecule has 1 aliphatic heterocycles. The summed E-state index contributed by atoms with van der Waals surface area (Å²) in [7, 11) is 0. The van der Waals surface area contributed by atoms with E-state index in [1.807, 2.05) is 6.92 Å². The highest BCUT2D eigenvalue weighted by molar-refractivity contribution is 4.83. The van der Waals surface area contributed by atoms with Gasteiger partial charge in [-0.1, -0.05) is 0 Å². The highest BCUT2D eigenvalue weighted by atomic mass is 16.5. The molecule has 1 N–H and O–H groups in total. The summed E-state index contributed by atoms with van der Waals surface area (Å²) in [6.07, 6.45) is -0.0598. The quantitative estimate of drug-likeness (QED) is 0.681. The van der Waals surface area contributed by atoms with E-state index in [9.17, 15) is 0 Å². The lowest BCUT2D eigenvalue weighted by atomic mass is 10.1. The van der Waals surface area contributed by atoms with E-state index in [0.29, 0.717) is 0 Å². The summed E-state index contributed by atoms with van der Waals surface area (Å²) in [5, 5.41) is 9.13. The van der Waals surface area contributed by atoms with Gasteiger partial charge in [0, 0.05) is 26.2 Å². The van der Waals surface area contributed by atoms with Gasteiger partial charge in [0.2, 0.25) is 0 Å². The molecule has 0 amide bonds. The molecule has 1 aliphatic rings. The highest BCUT2D eigenvalue weighted by Gasteiger charge is 2.32. The summed E-state index contributed by atoms with van der Waals surface area (Å²) < 4.78 is 11.1. The predicted molar refractivity (Wildman–Crippen MR) is 59.0 cm³/mol. The molecule has 1 heterocycles. The average molecular weight is 217 g/mol. The third-order valence-electron chi connectivity index (χ3n) is 2.51. The lowest BCUT2D eigenvalue weighted by Crippen LogP contribution is -2.54. The number of ether oxygens (including phenoxy) is 2. The summed E-state index contributed by atoms with van der Waals surface area (Å²) >= 11 is 0. The first-order valence-corrected chi connectivity index (χ1v) is 5.66. The van der Waals surface area contributed by atoms with Crippen LogP contribution in [0.1, 0.15) is 20.8 Å². The van der Waals surface area contributed by atoms with E-state index in [1.54, 1.807) is 0 Å². The summed E-state index contributed by atoms with van der Waals surface area (Å²) in [5.74, 6) is 0. The van der Waals surface area contributed by atoms with E-state index in [1.165, 1.54) is 0 Å². The van der Waals surface area contributed by atoms with E-state index in [-0.39, 0.29) is 18.3 Å². The fraction of sp³-hybridized carbons (Fsp3) is 1.00. The molecule has 0 saturated carbocycles. The van der Waals surface area contributed by atoms with Crippen molar-refractivity contribution in [2.45, 2.75) is 32.5 Å². The molecular weight excluding hydrogens is 194 g/mol. The maximum absolute atomic E-state index is 9.13. The Bertz CT molecular complexity index is 185. The molecule has 0 spiro atoms. The van der Waals surface area contributed by atoms with Gasteiger partial charge in [0.15, 0.2) is 0 Å². The number of nitrogens with zero attached hydrogens (tertiary/aromatic N) is 1. The van der Waals surface area contributed by atoms with Crippen LogP contribution >= 0.6 is 0 Å². The van der Waals surface area contributed by atoms with Crippen LogP contribution in [0.2, 0.25) is 0 Å². The fourth-order valence-electron chi connectivity index (χ4n) is 2.02. The molecule has 1 atom stereocenters. The molecule has 1 unspecified atom stereocenters. The Kier molecular flexibility index (Phi) is 4.99. The zero-order chi connectivity index (χ0) is 11.3. The van der Waals surface area contributed by atoms with Gasteiger partial charge in [0.1, 0.15) is 0 Å². The topological polar surface area (TPSA) is 41.9 Å². The molecule has 1 fully saturated rings. The summed E-state index contributed by atoms with van der Waals surface area (Å²) in [5.41, 5.74) is -0.169. The Balaban J connectivity index is 2.36. The molecule has 0 aromatic heterocycles. The van der Waals surface area contributed by atoms with Crippen LogP contribution in [0.5, 0.6) is 0 Å². The second kappa shape index (κ2) is 5.80. The summed E-state index contributed by atoms with van der Waals surface area (Å²) in [4.78, 5) is 2.29. The van der Waals surface area contributed by atoms with Crippen LogP contribution in [0.4, 0.5) is 0 Å². The number of hydrogen-bond acceptors (Lipinski definition) is 4. The van der Waals surface area contributed by atoms with E-state index >= 15 is 0 Å². The maximum Gasteiger partial charge on any atom is 0.0940 e. The molecule has 0 aromatic rings. The first kappa shape index (κ1) is 12.9. The monoisotopic (exact) mass is 217 g/mol. The van der Waals surface area contributed by atoms with Gasteiger partial charge < -0.3 is 14.6 Å². The SMILES string of the molecule is CCOCCN1CC(CO)OC(C)(C)C1. The van der Waals surface area contributed by atoms with Crippen molar-refractivity contribution in [1.29, 1.82) is 0 Å². The standard InChI is InChI=1S/C11H23NO3/c1-4-14-6-5-12-7-10(8-13)15-11(2,3)9-12/h10,13H,4-9H2,1-3H3. The Morgan fingerprint density at radius 2 is 2.27 bits per heavy atom. The second-order valence-electron chi connectivity index (χ2n) is 4.61. The molecule has 4 nitrogen and oxygen atoms in total. The molecule has 0 bridgehead atoms. The maximum atomic E-state index is 9.13. The lowest BCUT2D eigenvalue weighted by molar-refractivity contribution is -0.150. The second-order valence-corrected chi connectivity index (χ2v) is 4.61. The Hall–Kier alpha value is -0.160. The molecule has 15 heavy (non-hydrogen) atoms. The van der Waals surface area contributed by atoms with Crippen molar-refractivity contribution in [2.75, 3.05) is 39.5 Å². The number of morpholine rings is 1. The summed E-state index contributed by atoms with van der Waals surface area (Å²) in [6, 6.07) is 0. The van der Waals surface area contributed by atoms with Crippen LogP contribution in [0.25, 0.3) is 0 Å². The Morgan fingerprint density at radius 1 is 1.53 bits per heavy atom.